The summed E-state index contributed by atoms with van der Waals surface area (Å²) in [6, 6.07) is 9.49. The summed E-state index contributed by atoms with van der Waals surface area (Å²) in [5, 5.41) is 9.87. The zero-order valence-corrected chi connectivity index (χ0v) is 9.54. The Morgan fingerprint density at radius 3 is 3.06 bits per heavy atom. The number of ether oxygens (including phenoxy) is 1. The molecule has 2 aromatic rings. The Bertz CT molecular complexity index is 488. The third-order valence-corrected chi connectivity index (χ3v) is 2.57. The number of pyridine rings is 1. The summed E-state index contributed by atoms with van der Waals surface area (Å²) in [5.74, 6) is 0.779. The maximum Gasteiger partial charge on any atom is 0.121 e. The summed E-state index contributed by atoms with van der Waals surface area (Å²) in [6.45, 7) is 0.489. The molecule has 4 nitrogen and oxygen atoms in total. The molecule has 0 saturated heterocycles. The monoisotopic (exact) mass is 232 g/mol. The minimum absolute atomic E-state index is 0.0113. The molecular formula is C13H16N2O2. The van der Waals surface area contributed by atoms with Gasteiger partial charge < -0.3 is 15.6 Å². The second-order valence-corrected chi connectivity index (χ2v) is 3.94. The number of aliphatic hydroxyl groups excluding tert-OH is 1. The van der Waals surface area contributed by atoms with Gasteiger partial charge in [0.1, 0.15) is 5.75 Å². The molecule has 0 bridgehead atoms. The Labute approximate surface area is 100 Å². The van der Waals surface area contributed by atoms with Crippen LogP contribution in [0.3, 0.4) is 0 Å². The first-order valence-electron chi connectivity index (χ1n) is 5.63. The topological polar surface area (TPSA) is 68.4 Å². The maximum absolute atomic E-state index is 8.78. The van der Waals surface area contributed by atoms with E-state index in [9.17, 15) is 0 Å². The first-order chi connectivity index (χ1) is 8.29. The van der Waals surface area contributed by atoms with Crippen LogP contribution in [-0.2, 0) is 0 Å². The summed E-state index contributed by atoms with van der Waals surface area (Å²) < 4.78 is 5.56. The molecule has 3 N–H and O–H groups in total. The average Bonchev–Trinajstić information content (AvgIpc) is 2.38. The van der Waals surface area contributed by atoms with Crippen molar-refractivity contribution in [3.63, 3.8) is 0 Å². The molecule has 90 valence electrons. The van der Waals surface area contributed by atoms with Crippen molar-refractivity contribution in [2.75, 3.05) is 13.2 Å². The van der Waals surface area contributed by atoms with Crippen molar-refractivity contribution < 1.29 is 9.84 Å². The largest absolute Gasteiger partial charge is 0.493 e. The van der Waals surface area contributed by atoms with Gasteiger partial charge in [0.05, 0.1) is 18.7 Å². The zero-order valence-electron chi connectivity index (χ0n) is 9.54. The van der Waals surface area contributed by atoms with Crippen molar-refractivity contribution in [1.29, 1.82) is 0 Å². The van der Waals surface area contributed by atoms with Crippen LogP contribution in [0.5, 0.6) is 5.75 Å². The predicted molar refractivity (Wildman–Crippen MR) is 66.9 cm³/mol. The first kappa shape index (κ1) is 11.8. The molecule has 0 amide bonds. The molecule has 0 radical (unpaired) electrons. The van der Waals surface area contributed by atoms with Crippen molar-refractivity contribution in [1.82, 2.24) is 4.98 Å². The predicted octanol–water partition coefficient (Wildman–Crippen LogP) is 1.32. The molecule has 0 saturated carbocycles. The molecule has 1 unspecified atom stereocenters. The van der Waals surface area contributed by atoms with Crippen LogP contribution in [-0.4, -0.2) is 29.3 Å². The molecule has 0 fully saturated rings. The molecule has 0 aliphatic heterocycles. The minimum atomic E-state index is -0.214. The number of nitrogens with zero attached hydrogens (tertiary/aromatic N) is 1. The number of nitrogens with two attached hydrogens (primary N) is 1. The SMILES string of the molecule is NC(CO)CCOc1ccc2cccnc2c1. The van der Waals surface area contributed by atoms with E-state index in [0.717, 1.165) is 16.7 Å². The summed E-state index contributed by atoms with van der Waals surface area (Å²) in [7, 11) is 0. The van der Waals surface area contributed by atoms with Crippen LogP contribution < -0.4 is 10.5 Å². The lowest BCUT2D eigenvalue weighted by Gasteiger charge is -2.10. The van der Waals surface area contributed by atoms with Crippen LogP contribution in [0.15, 0.2) is 36.5 Å². The summed E-state index contributed by atoms with van der Waals surface area (Å²) in [6.07, 6.45) is 2.39. The second kappa shape index (κ2) is 5.61. The van der Waals surface area contributed by atoms with Crippen molar-refractivity contribution >= 4 is 10.9 Å². The number of rotatable bonds is 5. The van der Waals surface area contributed by atoms with Gasteiger partial charge >= 0.3 is 0 Å². The van der Waals surface area contributed by atoms with E-state index in [1.165, 1.54) is 0 Å². The lowest BCUT2D eigenvalue weighted by atomic mass is 10.2. The number of benzene rings is 1. The number of fused-ring (bicyclic) bond motifs is 1. The maximum atomic E-state index is 8.78. The third kappa shape index (κ3) is 3.15. The van der Waals surface area contributed by atoms with Gasteiger partial charge in [0.2, 0.25) is 0 Å². The van der Waals surface area contributed by atoms with Crippen LogP contribution in [0, 0.1) is 0 Å². The molecule has 1 aromatic heterocycles. The van der Waals surface area contributed by atoms with Crippen molar-refractivity contribution in [2.24, 2.45) is 5.73 Å². The van der Waals surface area contributed by atoms with Gasteiger partial charge in [0.15, 0.2) is 0 Å². The fraction of sp³-hybridized carbons (Fsp3) is 0.308. The Morgan fingerprint density at radius 2 is 2.24 bits per heavy atom. The van der Waals surface area contributed by atoms with Gasteiger partial charge in [-0.2, -0.15) is 0 Å². The highest BCUT2D eigenvalue weighted by atomic mass is 16.5. The smallest absolute Gasteiger partial charge is 0.121 e. The van der Waals surface area contributed by atoms with E-state index in [4.69, 9.17) is 15.6 Å². The van der Waals surface area contributed by atoms with Crippen molar-refractivity contribution in [2.45, 2.75) is 12.5 Å². The Kier molecular flexibility index (Phi) is 3.90. The average molecular weight is 232 g/mol. The molecular weight excluding hydrogens is 216 g/mol. The zero-order chi connectivity index (χ0) is 12.1. The van der Waals surface area contributed by atoms with E-state index in [1.807, 2.05) is 30.3 Å². The van der Waals surface area contributed by atoms with Crippen LogP contribution in [0.1, 0.15) is 6.42 Å². The normalized spacial score (nSPS) is 12.6. The molecule has 1 heterocycles. The lowest BCUT2D eigenvalue weighted by Crippen LogP contribution is -2.26. The summed E-state index contributed by atoms with van der Waals surface area (Å²) in [5.41, 5.74) is 6.50. The van der Waals surface area contributed by atoms with E-state index in [1.54, 1.807) is 6.20 Å². The fourth-order valence-electron chi connectivity index (χ4n) is 1.56. The number of hydrogen-bond donors (Lipinski definition) is 2. The molecule has 1 aromatic carbocycles. The second-order valence-electron chi connectivity index (χ2n) is 3.94. The fourth-order valence-corrected chi connectivity index (χ4v) is 1.56. The van der Waals surface area contributed by atoms with E-state index < -0.39 is 0 Å². The van der Waals surface area contributed by atoms with Gasteiger partial charge in [-0.25, -0.2) is 0 Å². The third-order valence-electron chi connectivity index (χ3n) is 2.57. The van der Waals surface area contributed by atoms with Gasteiger partial charge in [0, 0.05) is 23.7 Å². The molecule has 0 spiro atoms. The number of hydrogen-bond acceptors (Lipinski definition) is 4. The van der Waals surface area contributed by atoms with Gasteiger partial charge in [-0.05, 0) is 24.6 Å². The Morgan fingerprint density at radius 1 is 1.35 bits per heavy atom. The van der Waals surface area contributed by atoms with Gasteiger partial charge in [-0.3, -0.25) is 4.98 Å². The van der Waals surface area contributed by atoms with Crippen LogP contribution in [0.2, 0.25) is 0 Å². The van der Waals surface area contributed by atoms with Crippen molar-refractivity contribution in [3.05, 3.63) is 36.5 Å². The molecule has 0 aliphatic carbocycles. The summed E-state index contributed by atoms with van der Waals surface area (Å²) >= 11 is 0. The molecule has 2 rings (SSSR count). The molecule has 17 heavy (non-hydrogen) atoms. The van der Waals surface area contributed by atoms with E-state index >= 15 is 0 Å². The molecule has 4 heteroatoms. The van der Waals surface area contributed by atoms with E-state index in [2.05, 4.69) is 4.98 Å². The quantitative estimate of drug-likeness (QED) is 0.816. The van der Waals surface area contributed by atoms with Crippen LogP contribution >= 0.6 is 0 Å². The van der Waals surface area contributed by atoms with Crippen LogP contribution in [0.25, 0.3) is 10.9 Å². The number of aliphatic hydroxyl groups is 1. The first-order valence-corrected chi connectivity index (χ1v) is 5.63. The number of aromatic nitrogens is 1. The van der Waals surface area contributed by atoms with E-state index in [-0.39, 0.29) is 12.6 Å². The van der Waals surface area contributed by atoms with Crippen LogP contribution in [0.4, 0.5) is 0 Å². The molecule has 0 aliphatic rings. The Hall–Kier alpha value is -1.65. The highest BCUT2D eigenvalue weighted by Crippen LogP contribution is 2.18. The van der Waals surface area contributed by atoms with Gasteiger partial charge in [-0.15, -0.1) is 0 Å². The summed E-state index contributed by atoms with van der Waals surface area (Å²) in [4.78, 5) is 4.26. The van der Waals surface area contributed by atoms with Gasteiger partial charge in [0.25, 0.3) is 0 Å². The van der Waals surface area contributed by atoms with Gasteiger partial charge in [-0.1, -0.05) is 6.07 Å². The van der Waals surface area contributed by atoms with Crippen molar-refractivity contribution in [3.8, 4) is 5.75 Å². The van der Waals surface area contributed by atoms with E-state index in [0.29, 0.717) is 13.0 Å². The molecule has 1 atom stereocenters. The Balaban J connectivity index is 1.99. The highest BCUT2D eigenvalue weighted by Gasteiger charge is 2.01. The lowest BCUT2D eigenvalue weighted by molar-refractivity contribution is 0.230. The minimum Gasteiger partial charge on any atom is -0.493 e. The standard InChI is InChI=1S/C13H16N2O2/c14-11(9-16)5-7-17-12-4-3-10-2-1-6-15-13(10)8-12/h1-4,6,8,11,16H,5,7,9,14H2. The highest BCUT2D eigenvalue weighted by molar-refractivity contribution is 5.79.